The molecule has 0 heterocycles. The van der Waals surface area contributed by atoms with E-state index in [0.29, 0.717) is 0 Å². The van der Waals surface area contributed by atoms with E-state index in [1.807, 2.05) is 0 Å². The zero-order valence-electron chi connectivity index (χ0n) is 4.05. The second kappa shape index (κ2) is 3.94. The summed E-state index contributed by atoms with van der Waals surface area (Å²) in [6.07, 6.45) is 11.5. The van der Waals surface area contributed by atoms with E-state index in [1.54, 1.807) is 0 Å². The van der Waals surface area contributed by atoms with E-state index in [-0.39, 0.29) is 12.4 Å². The Kier molecular flexibility index (Phi) is 3.81. The highest BCUT2D eigenvalue weighted by Gasteiger charge is 1.76. The summed E-state index contributed by atoms with van der Waals surface area (Å²) in [5.74, 6) is 0. The van der Waals surface area contributed by atoms with Crippen molar-refractivity contribution >= 4 is 12.4 Å². The van der Waals surface area contributed by atoms with Crippen molar-refractivity contribution < 1.29 is 0 Å². The lowest BCUT2D eigenvalue weighted by atomic mass is 10.2. The van der Waals surface area contributed by atoms with Gasteiger partial charge in [-0.1, -0.05) is 18.2 Å². The first-order valence-electron chi connectivity index (χ1n) is 2.20. The van der Waals surface area contributed by atoms with Gasteiger partial charge in [0.25, 0.3) is 0 Å². The summed E-state index contributed by atoms with van der Waals surface area (Å²) < 4.78 is 0. The molecule has 39 valence electrons. The molecule has 1 heteroatoms. The van der Waals surface area contributed by atoms with Crippen LogP contribution in [0.15, 0.2) is 18.2 Å². The van der Waals surface area contributed by atoms with Crippen molar-refractivity contribution in [2.45, 2.75) is 12.8 Å². The third-order valence-corrected chi connectivity index (χ3v) is 0.801. The van der Waals surface area contributed by atoms with E-state index in [4.69, 9.17) is 0 Å². The Morgan fingerprint density at radius 1 is 1.29 bits per heavy atom. The van der Waals surface area contributed by atoms with Crippen molar-refractivity contribution in [3.05, 3.63) is 24.3 Å². The van der Waals surface area contributed by atoms with Crippen molar-refractivity contribution in [3.8, 4) is 0 Å². The van der Waals surface area contributed by atoms with Gasteiger partial charge in [0.2, 0.25) is 0 Å². The first kappa shape index (κ1) is 6.77. The highest BCUT2D eigenvalue weighted by atomic mass is 35.5. The molecule has 0 nitrogen and oxygen atoms in total. The van der Waals surface area contributed by atoms with Crippen LogP contribution in [-0.2, 0) is 0 Å². The van der Waals surface area contributed by atoms with E-state index < -0.39 is 0 Å². The van der Waals surface area contributed by atoms with Gasteiger partial charge in [-0.25, -0.2) is 0 Å². The Hall–Kier alpha value is -0.230. The summed E-state index contributed by atoms with van der Waals surface area (Å²) in [6.45, 7) is 0. The number of halogens is 1. The van der Waals surface area contributed by atoms with Gasteiger partial charge >= 0.3 is 0 Å². The van der Waals surface area contributed by atoms with Gasteiger partial charge in [0, 0.05) is 0 Å². The molecule has 0 saturated carbocycles. The third kappa shape index (κ3) is 2.46. The van der Waals surface area contributed by atoms with Gasteiger partial charge in [-0.15, -0.1) is 12.4 Å². The van der Waals surface area contributed by atoms with Crippen molar-refractivity contribution in [2.24, 2.45) is 0 Å². The zero-order valence-corrected chi connectivity index (χ0v) is 4.87. The second-order valence-corrected chi connectivity index (χ2v) is 1.32. The fourth-order valence-corrected chi connectivity index (χ4v) is 0.482. The van der Waals surface area contributed by atoms with Crippen molar-refractivity contribution in [1.82, 2.24) is 0 Å². The third-order valence-electron chi connectivity index (χ3n) is 0.801. The maximum atomic E-state index is 3.07. The molecular formula is C6H8Cl. The molecule has 1 aliphatic carbocycles. The molecule has 0 aliphatic heterocycles. The maximum absolute atomic E-state index is 3.07. The Bertz CT molecular complexity index is 62.2. The first-order valence-corrected chi connectivity index (χ1v) is 2.20. The molecule has 0 aromatic heterocycles. The maximum Gasteiger partial charge on any atom is -0.00977 e. The largest absolute Gasteiger partial charge is 0.147 e. The van der Waals surface area contributed by atoms with Crippen LogP contribution >= 0.6 is 12.4 Å². The average Bonchev–Trinajstić information content (AvgIpc) is 1.72. The van der Waals surface area contributed by atoms with E-state index in [9.17, 15) is 0 Å². The predicted molar refractivity (Wildman–Crippen MR) is 33.4 cm³/mol. The molecule has 7 heavy (non-hydrogen) atoms. The molecule has 0 fully saturated rings. The van der Waals surface area contributed by atoms with Crippen LogP contribution in [0.4, 0.5) is 0 Å². The van der Waals surface area contributed by atoms with Gasteiger partial charge in [-0.3, -0.25) is 0 Å². The number of hydrogen-bond donors (Lipinski definition) is 0. The Morgan fingerprint density at radius 2 is 2.14 bits per heavy atom. The lowest BCUT2D eigenvalue weighted by Crippen LogP contribution is -1.67. The van der Waals surface area contributed by atoms with Gasteiger partial charge < -0.3 is 0 Å². The predicted octanol–water partition coefficient (Wildman–Crippen LogP) is 2.12. The summed E-state index contributed by atoms with van der Waals surface area (Å²) in [4.78, 5) is 0. The smallest absolute Gasteiger partial charge is 0.00977 e. The molecule has 0 unspecified atom stereocenters. The minimum Gasteiger partial charge on any atom is -0.147 e. The summed E-state index contributed by atoms with van der Waals surface area (Å²) in [6, 6.07) is 0. The van der Waals surface area contributed by atoms with Crippen LogP contribution in [-0.4, -0.2) is 0 Å². The Balaban J connectivity index is 0.000000360. The lowest BCUT2D eigenvalue weighted by molar-refractivity contribution is 1.20. The minimum atomic E-state index is 0. The molecule has 1 rings (SSSR count). The van der Waals surface area contributed by atoms with Gasteiger partial charge in [-0.05, 0) is 18.9 Å². The molecule has 0 aromatic carbocycles. The van der Waals surface area contributed by atoms with Crippen molar-refractivity contribution in [1.29, 1.82) is 0 Å². The second-order valence-electron chi connectivity index (χ2n) is 1.32. The van der Waals surface area contributed by atoms with Crippen LogP contribution in [0.2, 0.25) is 0 Å². The molecule has 0 saturated heterocycles. The highest BCUT2D eigenvalue weighted by Crippen LogP contribution is 1.95. The zero-order chi connectivity index (χ0) is 4.24. The van der Waals surface area contributed by atoms with Crippen molar-refractivity contribution in [2.75, 3.05) is 0 Å². The standard InChI is InChI=1S/C6H7.ClH/c1-2-4-6-5-3-1;/h1-2,5H,3-4H2;1H. The van der Waals surface area contributed by atoms with Gasteiger partial charge in [-0.2, -0.15) is 0 Å². The number of allylic oxidation sites excluding steroid dienone is 4. The van der Waals surface area contributed by atoms with Crippen LogP contribution in [0.25, 0.3) is 0 Å². The molecule has 0 aromatic rings. The minimum absolute atomic E-state index is 0. The summed E-state index contributed by atoms with van der Waals surface area (Å²) in [5.41, 5.74) is 0. The molecular weight excluding hydrogens is 108 g/mol. The molecule has 0 atom stereocenters. The monoisotopic (exact) mass is 115 g/mol. The number of rotatable bonds is 0. The average molecular weight is 116 g/mol. The molecule has 0 spiro atoms. The summed E-state index contributed by atoms with van der Waals surface area (Å²) >= 11 is 0. The fourth-order valence-electron chi connectivity index (χ4n) is 0.482. The normalized spacial score (nSPS) is 16.0. The Morgan fingerprint density at radius 3 is 2.29 bits per heavy atom. The SMILES string of the molecule is Cl.[C]1=CCC=CC1. The van der Waals surface area contributed by atoms with Crippen LogP contribution in [0, 0.1) is 6.08 Å². The lowest BCUT2D eigenvalue weighted by Gasteiger charge is -1.86. The molecule has 1 radical (unpaired) electrons. The molecule has 0 amide bonds. The van der Waals surface area contributed by atoms with E-state index >= 15 is 0 Å². The summed E-state index contributed by atoms with van der Waals surface area (Å²) in [7, 11) is 0. The van der Waals surface area contributed by atoms with Gasteiger partial charge in [0.05, 0.1) is 0 Å². The first-order chi connectivity index (χ1) is 3.00. The van der Waals surface area contributed by atoms with Crippen LogP contribution in [0.5, 0.6) is 0 Å². The van der Waals surface area contributed by atoms with Crippen LogP contribution in [0.3, 0.4) is 0 Å². The van der Waals surface area contributed by atoms with E-state index in [2.05, 4.69) is 24.3 Å². The quantitative estimate of drug-likeness (QED) is 0.425. The topological polar surface area (TPSA) is 0 Å². The van der Waals surface area contributed by atoms with Crippen LogP contribution in [0.1, 0.15) is 12.8 Å². The van der Waals surface area contributed by atoms with Gasteiger partial charge in [0.15, 0.2) is 0 Å². The van der Waals surface area contributed by atoms with E-state index in [1.165, 1.54) is 0 Å². The Labute approximate surface area is 50.3 Å². The molecule has 0 N–H and O–H groups in total. The fraction of sp³-hybridized carbons (Fsp3) is 0.333. The van der Waals surface area contributed by atoms with Crippen LogP contribution < -0.4 is 0 Å². The van der Waals surface area contributed by atoms with E-state index in [0.717, 1.165) is 12.8 Å². The molecule has 0 bridgehead atoms. The van der Waals surface area contributed by atoms with Crippen molar-refractivity contribution in [3.63, 3.8) is 0 Å². The highest BCUT2D eigenvalue weighted by molar-refractivity contribution is 5.85. The number of hydrogen-bond acceptors (Lipinski definition) is 0. The van der Waals surface area contributed by atoms with Gasteiger partial charge in [0.1, 0.15) is 0 Å². The molecule has 1 aliphatic rings. The summed E-state index contributed by atoms with van der Waals surface area (Å²) in [5, 5.41) is 0.